The Hall–Kier alpha value is -1.54. The zero-order valence-corrected chi connectivity index (χ0v) is 9.23. The molecule has 0 heterocycles. The molecule has 0 aromatic carbocycles. The normalized spacial score (nSPS) is 24.3. The van der Waals surface area contributed by atoms with Crippen molar-refractivity contribution < 1.29 is 41.0 Å². The van der Waals surface area contributed by atoms with Gasteiger partial charge in [-0.05, 0) is 19.3 Å². The topological polar surface area (TPSA) is 54.4 Å². The number of hydrogen-bond donors (Lipinski definition) is 1. The first-order valence-corrected chi connectivity index (χ1v) is 5.10. The van der Waals surface area contributed by atoms with E-state index in [1.807, 2.05) is 0 Å². The molecule has 1 rings (SSSR count). The van der Waals surface area contributed by atoms with Crippen molar-refractivity contribution in [1.29, 1.82) is 0 Å². The molecule has 1 aliphatic carbocycles. The van der Waals surface area contributed by atoms with Crippen LogP contribution < -0.4 is 0 Å². The average molecular weight is 290 g/mol. The molecular formula is C10H8F6O3. The van der Waals surface area contributed by atoms with Crippen molar-refractivity contribution in [3.05, 3.63) is 11.3 Å². The van der Waals surface area contributed by atoms with Crippen molar-refractivity contribution in [2.45, 2.75) is 31.6 Å². The van der Waals surface area contributed by atoms with Gasteiger partial charge in [0.15, 0.2) is 5.78 Å². The molecule has 1 unspecified atom stereocenters. The molecule has 0 aromatic heterocycles. The second-order valence-electron chi connectivity index (χ2n) is 4.00. The molecule has 0 aliphatic heterocycles. The Bertz CT molecular complexity index is 432. The summed E-state index contributed by atoms with van der Waals surface area (Å²) in [5, 5.41) is 8.82. The standard InChI is InChI=1S/C10H8F6O3/c11-9(12,13)7(18)4-2-1-3-5(6(4)17)8(19)10(14,15)16/h4,19H,1-3H2. The van der Waals surface area contributed by atoms with Crippen LogP contribution in [0.4, 0.5) is 26.3 Å². The van der Waals surface area contributed by atoms with Crippen molar-refractivity contribution in [1.82, 2.24) is 0 Å². The zero-order valence-electron chi connectivity index (χ0n) is 9.23. The number of aliphatic hydroxyl groups excluding tert-OH is 1. The number of rotatable bonds is 1. The molecule has 0 radical (unpaired) electrons. The van der Waals surface area contributed by atoms with E-state index in [0.717, 1.165) is 0 Å². The van der Waals surface area contributed by atoms with Crippen LogP contribution in [0.25, 0.3) is 0 Å². The Morgan fingerprint density at radius 3 is 2.05 bits per heavy atom. The van der Waals surface area contributed by atoms with Crippen molar-refractivity contribution in [2.75, 3.05) is 0 Å². The second kappa shape index (κ2) is 4.86. The molecule has 1 N–H and O–H groups in total. The van der Waals surface area contributed by atoms with Crippen molar-refractivity contribution in [3.63, 3.8) is 0 Å². The van der Waals surface area contributed by atoms with Gasteiger partial charge in [0, 0.05) is 5.57 Å². The Labute approximate surface area is 102 Å². The molecule has 1 saturated carbocycles. The minimum Gasteiger partial charge on any atom is -0.504 e. The highest BCUT2D eigenvalue weighted by Crippen LogP contribution is 2.36. The number of carbonyl (C=O) groups excluding carboxylic acids is 2. The summed E-state index contributed by atoms with van der Waals surface area (Å²) in [7, 11) is 0. The second-order valence-corrected chi connectivity index (χ2v) is 4.00. The summed E-state index contributed by atoms with van der Waals surface area (Å²) in [5.41, 5.74) is -1.17. The van der Waals surface area contributed by atoms with Gasteiger partial charge in [0.25, 0.3) is 0 Å². The van der Waals surface area contributed by atoms with Crippen LogP contribution in [0, 0.1) is 5.92 Å². The highest BCUT2D eigenvalue weighted by atomic mass is 19.4. The van der Waals surface area contributed by atoms with E-state index in [1.165, 1.54) is 0 Å². The quantitative estimate of drug-likeness (QED) is 0.350. The lowest BCUT2D eigenvalue weighted by molar-refractivity contribution is -0.177. The number of allylic oxidation sites excluding steroid dienone is 2. The zero-order chi connectivity index (χ0) is 15.0. The van der Waals surface area contributed by atoms with E-state index in [4.69, 9.17) is 5.11 Å². The van der Waals surface area contributed by atoms with Gasteiger partial charge in [-0.1, -0.05) is 0 Å². The predicted molar refractivity (Wildman–Crippen MR) is 49.1 cm³/mol. The fourth-order valence-corrected chi connectivity index (χ4v) is 1.80. The molecule has 1 aliphatic rings. The van der Waals surface area contributed by atoms with Gasteiger partial charge in [0.05, 0.1) is 5.92 Å². The van der Waals surface area contributed by atoms with Crippen LogP contribution in [0.5, 0.6) is 0 Å². The smallest absolute Gasteiger partial charge is 0.450 e. The fourth-order valence-electron chi connectivity index (χ4n) is 1.80. The number of halogens is 6. The third kappa shape index (κ3) is 3.27. The SMILES string of the molecule is O=C1C(=C(O)C(F)(F)F)CCCC1C(=O)C(F)(F)F. The van der Waals surface area contributed by atoms with E-state index in [1.54, 1.807) is 0 Å². The molecule has 0 bridgehead atoms. The van der Waals surface area contributed by atoms with Gasteiger partial charge in [-0.3, -0.25) is 9.59 Å². The van der Waals surface area contributed by atoms with E-state index in [-0.39, 0.29) is 6.42 Å². The summed E-state index contributed by atoms with van der Waals surface area (Å²) in [6, 6.07) is 0. The highest BCUT2D eigenvalue weighted by molar-refractivity contribution is 6.12. The van der Waals surface area contributed by atoms with Gasteiger partial charge in [-0.25, -0.2) is 0 Å². The minimum atomic E-state index is -5.30. The molecule has 1 fully saturated rings. The van der Waals surface area contributed by atoms with Crippen LogP contribution in [0.2, 0.25) is 0 Å². The Kier molecular flexibility index (Phi) is 3.97. The van der Waals surface area contributed by atoms with Crippen molar-refractivity contribution >= 4 is 11.6 Å². The number of hydrogen-bond acceptors (Lipinski definition) is 3. The average Bonchev–Trinajstić information content (AvgIpc) is 2.25. The maximum Gasteiger partial charge on any atom is 0.450 e. The van der Waals surface area contributed by atoms with Crippen LogP contribution in [0.3, 0.4) is 0 Å². The highest BCUT2D eigenvalue weighted by Gasteiger charge is 2.49. The van der Waals surface area contributed by atoms with Gasteiger partial charge in [-0.2, -0.15) is 26.3 Å². The number of ketones is 2. The van der Waals surface area contributed by atoms with Gasteiger partial charge in [0.1, 0.15) is 0 Å². The lowest BCUT2D eigenvalue weighted by Gasteiger charge is -2.23. The first-order chi connectivity index (χ1) is 8.46. The van der Waals surface area contributed by atoms with Gasteiger partial charge in [0.2, 0.25) is 11.5 Å². The molecule has 108 valence electrons. The Morgan fingerprint density at radius 2 is 1.63 bits per heavy atom. The Balaban J connectivity index is 3.11. The van der Waals surface area contributed by atoms with Gasteiger partial charge in [-0.15, -0.1) is 0 Å². The van der Waals surface area contributed by atoms with E-state index in [0.29, 0.717) is 0 Å². The third-order valence-electron chi connectivity index (χ3n) is 2.68. The fraction of sp³-hybridized carbons (Fsp3) is 0.600. The molecular weight excluding hydrogens is 282 g/mol. The molecule has 1 atom stereocenters. The maximum atomic E-state index is 12.2. The van der Waals surface area contributed by atoms with Crippen LogP contribution in [-0.2, 0) is 9.59 Å². The third-order valence-corrected chi connectivity index (χ3v) is 2.68. The molecule has 3 nitrogen and oxygen atoms in total. The van der Waals surface area contributed by atoms with E-state index in [2.05, 4.69) is 0 Å². The summed E-state index contributed by atoms with van der Waals surface area (Å²) in [5.74, 6) is -8.42. The van der Waals surface area contributed by atoms with E-state index >= 15 is 0 Å². The van der Waals surface area contributed by atoms with Crippen molar-refractivity contribution in [3.8, 4) is 0 Å². The number of alkyl halides is 6. The van der Waals surface area contributed by atoms with E-state index in [9.17, 15) is 35.9 Å². The summed E-state index contributed by atoms with van der Waals surface area (Å²) < 4.78 is 73.1. The van der Waals surface area contributed by atoms with Gasteiger partial charge >= 0.3 is 12.4 Å². The first-order valence-electron chi connectivity index (χ1n) is 5.10. The largest absolute Gasteiger partial charge is 0.504 e. The summed E-state index contributed by atoms with van der Waals surface area (Å²) in [6.45, 7) is 0. The van der Waals surface area contributed by atoms with Crippen molar-refractivity contribution in [2.24, 2.45) is 5.92 Å². The summed E-state index contributed by atoms with van der Waals surface area (Å²) >= 11 is 0. The molecule has 19 heavy (non-hydrogen) atoms. The lowest BCUT2D eigenvalue weighted by atomic mass is 9.81. The minimum absolute atomic E-state index is 0.215. The summed E-state index contributed by atoms with van der Waals surface area (Å²) in [4.78, 5) is 22.4. The summed E-state index contributed by atoms with van der Waals surface area (Å²) in [6.07, 6.45) is -11.7. The lowest BCUT2D eigenvalue weighted by Crippen LogP contribution is -2.38. The van der Waals surface area contributed by atoms with Crippen LogP contribution in [0.15, 0.2) is 11.3 Å². The molecule has 0 spiro atoms. The van der Waals surface area contributed by atoms with E-state index < -0.39 is 54.0 Å². The van der Waals surface area contributed by atoms with Crippen LogP contribution in [-0.4, -0.2) is 29.0 Å². The maximum absolute atomic E-state index is 12.2. The molecule has 9 heteroatoms. The first kappa shape index (κ1) is 15.5. The number of carbonyl (C=O) groups is 2. The predicted octanol–water partition coefficient (Wildman–Crippen LogP) is 2.86. The van der Waals surface area contributed by atoms with Crippen LogP contribution >= 0.6 is 0 Å². The molecule has 0 saturated heterocycles. The van der Waals surface area contributed by atoms with Gasteiger partial charge < -0.3 is 5.11 Å². The monoisotopic (exact) mass is 290 g/mol. The number of aliphatic hydroxyl groups is 1. The Morgan fingerprint density at radius 1 is 1.11 bits per heavy atom. The molecule has 0 amide bonds. The number of Topliss-reactive ketones (excluding diaryl/α,β-unsaturated/α-hetero) is 2. The molecule has 0 aromatic rings. The van der Waals surface area contributed by atoms with Crippen LogP contribution in [0.1, 0.15) is 19.3 Å².